The zero-order chi connectivity index (χ0) is 17.7. The lowest BCUT2D eigenvalue weighted by Gasteiger charge is -2.34. The molecule has 0 N–H and O–H groups in total. The van der Waals surface area contributed by atoms with Crippen LogP contribution >= 0.6 is 12.6 Å². The normalized spacial score (nSPS) is 17.2. The van der Waals surface area contributed by atoms with E-state index in [1.54, 1.807) is 14.2 Å². The van der Waals surface area contributed by atoms with E-state index in [4.69, 9.17) is 23.7 Å². The Bertz CT molecular complexity index is 265. The van der Waals surface area contributed by atoms with E-state index < -0.39 is 0 Å². The third kappa shape index (κ3) is 10.6. The van der Waals surface area contributed by atoms with Crippen LogP contribution in [0.1, 0.15) is 47.0 Å². The molecule has 0 aliphatic carbocycles. The highest BCUT2D eigenvalue weighted by Crippen LogP contribution is 2.18. The maximum atomic E-state index is 6.26. The molecule has 0 rings (SSSR count). The molecule has 0 fully saturated rings. The molecular formula is C17H36O5S. The Morgan fingerprint density at radius 1 is 0.957 bits per heavy atom. The number of thiol groups is 1. The summed E-state index contributed by atoms with van der Waals surface area (Å²) >= 11 is 4.19. The van der Waals surface area contributed by atoms with Crippen molar-refractivity contribution < 1.29 is 23.7 Å². The number of hydrogen-bond donors (Lipinski definition) is 1. The summed E-state index contributed by atoms with van der Waals surface area (Å²) in [5, 5.41) is 0. The summed E-state index contributed by atoms with van der Waals surface area (Å²) in [6.07, 6.45) is 2.81. The lowest BCUT2D eigenvalue weighted by Crippen LogP contribution is -2.48. The summed E-state index contributed by atoms with van der Waals surface area (Å²) < 4.78 is 28.6. The third-order valence-corrected chi connectivity index (χ3v) is 3.75. The Labute approximate surface area is 147 Å². The van der Waals surface area contributed by atoms with E-state index in [2.05, 4.69) is 26.5 Å². The molecule has 4 atom stereocenters. The zero-order valence-corrected chi connectivity index (χ0v) is 16.5. The minimum atomic E-state index is -0.266. The van der Waals surface area contributed by atoms with Crippen LogP contribution < -0.4 is 0 Å². The van der Waals surface area contributed by atoms with Crippen LogP contribution in [0.2, 0.25) is 0 Å². The van der Waals surface area contributed by atoms with Crippen LogP contribution in [0.5, 0.6) is 0 Å². The largest absolute Gasteiger partial charge is 0.382 e. The van der Waals surface area contributed by atoms with Crippen molar-refractivity contribution in [1.29, 1.82) is 0 Å². The Morgan fingerprint density at radius 3 is 2.13 bits per heavy atom. The van der Waals surface area contributed by atoms with Gasteiger partial charge in [0.1, 0.15) is 18.3 Å². The van der Waals surface area contributed by atoms with Crippen LogP contribution in [0.25, 0.3) is 0 Å². The van der Waals surface area contributed by atoms with Crippen LogP contribution in [0.3, 0.4) is 0 Å². The summed E-state index contributed by atoms with van der Waals surface area (Å²) in [6, 6.07) is 0. The molecule has 0 aromatic carbocycles. The maximum absolute atomic E-state index is 6.26. The van der Waals surface area contributed by atoms with Crippen LogP contribution in [-0.4, -0.2) is 63.9 Å². The zero-order valence-electron chi connectivity index (χ0n) is 15.6. The van der Waals surface area contributed by atoms with Crippen molar-refractivity contribution in [3.05, 3.63) is 0 Å². The van der Waals surface area contributed by atoms with Crippen molar-refractivity contribution in [2.24, 2.45) is 0 Å². The number of hydrogen-bond acceptors (Lipinski definition) is 6. The van der Waals surface area contributed by atoms with Crippen LogP contribution in [-0.2, 0) is 23.7 Å². The predicted octanol–water partition coefficient (Wildman–Crippen LogP) is 3.31. The van der Waals surface area contributed by atoms with Gasteiger partial charge in [-0.3, -0.25) is 0 Å². The quantitative estimate of drug-likeness (QED) is 0.362. The molecule has 0 amide bonds. The van der Waals surface area contributed by atoms with Gasteiger partial charge in [-0.25, -0.2) is 0 Å². The summed E-state index contributed by atoms with van der Waals surface area (Å²) in [4.78, 5) is 0. The number of ether oxygens (including phenoxy) is 5. The van der Waals surface area contributed by atoms with E-state index in [9.17, 15) is 0 Å². The highest BCUT2D eigenvalue weighted by Gasteiger charge is 2.33. The summed E-state index contributed by atoms with van der Waals surface area (Å²) in [5.41, 5.74) is 0. The molecule has 6 heteroatoms. The van der Waals surface area contributed by atoms with Crippen molar-refractivity contribution in [1.82, 2.24) is 0 Å². The summed E-state index contributed by atoms with van der Waals surface area (Å²) in [7, 11) is 3.32. The van der Waals surface area contributed by atoms with Gasteiger partial charge >= 0.3 is 0 Å². The molecule has 0 aliphatic rings. The molecule has 0 radical (unpaired) electrons. The second kappa shape index (κ2) is 14.5. The lowest BCUT2D eigenvalue weighted by atomic mass is 10.1. The molecule has 0 saturated carbocycles. The fourth-order valence-electron chi connectivity index (χ4n) is 2.32. The Balaban J connectivity index is 4.98. The smallest absolute Gasteiger partial charge is 0.115 e. The SMILES string of the molecule is CCCCC(C)OC(C(COC)OC)C(COC(C)C)OCS. The fraction of sp³-hybridized carbons (Fsp3) is 1.00. The van der Waals surface area contributed by atoms with E-state index in [-0.39, 0.29) is 30.5 Å². The highest BCUT2D eigenvalue weighted by molar-refractivity contribution is 7.80. The summed E-state index contributed by atoms with van der Waals surface area (Å²) in [6.45, 7) is 9.14. The van der Waals surface area contributed by atoms with Crippen molar-refractivity contribution in [3.63, 3.8) is 0 Å². The van der Waals surface area contributed by atoms with Gasteiger partial charge in [0.25, 0.3) is 0 Å². The molecule has 4 unspecified atom stereocenters. The van der Waals surface area contributed by atoms with Crippen LogP contribution in [0.15, 0.2) is 0 Å². The van der Waals surface area contributed by atoms with Crippen molar-refractivity contribution >= 4 is 12.6 Å². The van der Waals surface area contributed by atoms with Crippen LogP contribution in [0, 0.1) is 0 Å². The molecule has 5 nitrogen and oxygen atoms in total. The van der Waals surface area contributed by atoms with Gasteiger partial charge in [-0.05, 0) is 27.2 Å². The van der Waals surface area contributed by atoms with Gasteiger partial charge in [0.2, 0.25) is 0 Å². The number of methoxy groups -OCH3 is 2. The van der Waals surface area contributed by atoms with E-state index >= 15 is 0 Å². The van der Waals surface area contributed by atoms with Gasteiger partial charge in [0.05, 0.1) is 31.4 Å². The predicted molar refractivity (Wildman–Crippen MR) is 96.3 cm³/mol. The molecule has 0 aromatic rings. The van der Waals surface area contributed by atoms with E-state index in [0.29, 0.717) is 19.2 Å². The van der Waals surface area contributed by atoms with E-state index in [0.717, 1.165) is 19.3 Å². The lowest BCUT2D eigenvalue weighted by molar-refractivity contribution is -0.173. The molecule has 0 bridgehead atoms. The molecule has 0 saturated heterocycles. The van der Waals surface area contributed by atoms with Gasteiger partial charge in [-0.15, -0.1) is 0 Å². The highest BCUT2D eigenvalue weighted by atomic mass is 32.1. The average Bonchev–Trinajstić information content (AvgIpc) is 2.52. The molecule has 140 valence electrons. The van der Waals surface area contributed by atoms with Gasteiger partial charge in [-0.2, -0.15) is 12.6 Å². The van der Waals surface area contributed by atoms with E-state index in [1.807, 2.05) is 13.8 Å². The monoisotopic (exact) mass is 352 g/mol. The number of unbranched alkanes of at least 4 members (excludes halogenated alkanes) is 1. The molecule has 0 aliphatic heterocycles. The fourth-order valence-corrected chi connectivity index (χ4v) is 2.52. The molecular weight excluding hydrogens is 316 g/mol. The minimum Gasteiger partial charge on any atom is -0.382 e. The van der Waals surface area contributed by atoms with Gasteiger partial charge in [0, 0.05) is 14.2 Å². The number of rotatable bonds is 15. The first-order valence-electron chi connectivity index (χ1n) is 8.51. The first kappa shape index (κ1) is 23.1. The molecule has 0 spiro atoms. The van der Waals surface area contributed by atoms with Gasteiger partial charge < -0.3 is 23.7 Å². The molecule has 0 heterocycles. The van der Waals surface area contributed by atoms with Crippen molar-refractivity contribution in [3.8, 4) is 0 Å². The molecule has 0 aromatic heterocycles. The Morgan fingerprint density at radius 2 is 1.65 bits per heavy atom. The van der Waals surface area contributed by atoms with Crippen molar-refractivity contribution in [2.75, 3.05) is 33.4 Å². The third-order valence-electron chi connectivity index (χ3n) is 3.60. The van der Waals surface area contributed by atoms with Crippen molar-refractivity contribution in [2.45, 2.75) is 77.5 Å². The molecule has 23 heavy (non-hydrogen) atoms. The standard InChI is InChI=1S/C17H36O5S/c1-7-8-9-14(4)22-17(15(19-6)10-18-5)16(21-12-23)11-20-13(2)3/h13-17,23H,7-12H2,1-6H3. The first-order chi connectivity index (χ1) is 11.0. The first-order valence-corrected chi connectivity index (χ1v) is 9.14. The van der Waals surface area contributed by atoms with Gasteiger partial charge in [0.15, 0.2) is 0 Å². The Hall–Kier alpha value is 0.150. The van der Waals surface area contributed by atoms with E-state index in [1.165, 1.54) is 0 Å². The second-order valence-corrected chi connectivity index (χ2v) is 6.26. The Kier molecular flexibility index (Phi) is 14.6. The topological polar surface area (TPSA) is 46.2 Å². The summed E-state index contributed by atoms with van der Waals surface area (Å²) in [5.74, 6) is 0.304. The van der Waals surface area contributed by atoms with Gasteiger partial charge in [-0.1, -0.05) is 19.8 Å². The average molecular weight is 353 g/mol. The minimum absolute atomic E-state index is 0.125. The van der Waals surface area contributed by atoms with Crippen LogP contribution in [0.4, 0.5) is 0 Å². The maximum Gasteiger partial charge on any atom is 0.115 e. The second-order valence-electron chi connectivity index (χ2n) is 6.00.